The average Bonchev–Trinajstić information content (AvgIpc) is 2.60. The Morgan fingerprint density at radius 2 is 1.48 bits per heavy atom. The van der Waals surface area contributed by atoms with Gasteiger partial charge in [-0.25, -0.2) is 0 Å². The lowest BCUT2D eigenvalue weighted by molar-refractivity contribution is 0.103. The predicted octanol–water partition coefficient (Wildman–Crippen LogP) is 3.36. The molecule has 0 amide bonds. The Morgan fingerprint density at radius 1 is 0.870 bits per heavy atom. The van der Waals surface area contributed by atoms with Crippen molar-refractivity contribution in [3.8, 4) is 0 Å². The van der Waals surface area contributed by atoms with Gasteiger partial charge in [-0.1, -0.05) is 48.5 Å². The average molecular weight is 304 g/mol. The maximum absolute atomic E-state index is 12.8. The Kier molecular flexibility index (Phi) is 4.06. The number of hydrogen-bond acceptors (Lipinski definition) is 3. The summed E-state index contributed by atoms with van der Waals surface area (Å²) in [4.78, 5) is 24.7. The molecular weight excluding hydrogens is 288 g/mol. The van der Waals surface area contributed by atoms with Crippen molar-refractivity contribution < 1.29 is 4.79 Å². The molecule has 0 bridgehead atoms. The van der Waals surface area contributed by atoms with Crippen LogP contribution in [0, 0.1) is 0 Å². The van der Waals surface area contributed by atoms with Crippen LogP contribution in [0.2, 0.25) is 0 Å². The van der Waals surface area contributed by atoms with Crippen LogP contribution in [-0.2, 0) is 7.05 Å². The molecule has 4 heteroatoms. The smallest absolute Gasteiger partial charge is 0.251 e. The summed E-state index contributed by atoms with van der Waals surface area (Å²) in [7, 11) is 1.65. The number of benzene rings is 2. The molecule has 3 aromatic rings. The summed E-state index contributed by atoms with van der Waals surface area (Å²) in [6.45, 7) is 0. The molecular formula is C19H16N2O2. The first-order valence-corrected chi connectivity index (χ1v) is 7.28. The van der Waals surface area contributed by atoms with Crippen LogP contribution in [0.4, 0.5) is 11.5 Å². The van der Waals surface area contributed by atoms with E-state index in [1.54, 1.807) is 25.2 Å². The Balaban J connectivity index is 2.09. The van der Waals surface area contributed by atoms with Gasteiger partial charge in [0.2, 0.25) is 0 Å². The predicted molar refractivity (Wildman–Crippen MR) is 91.3 cm³/mol. The molecule has 2 aromatic carbocycles. The lowest BCUT2D eigenvalue weighted by Gasteiger charge is -2.15. The highest BCUT2D eigenvalue weighted by Crippen LogP contribution is 2.21. The molecule has 0 aliphatic carbocycles. The van der Waals surface area contributed by atoms with Gasteiger partial charge >= 0.3 is 0 Å². The van der Waals surface area contributed by atoms with Crippen molar-refractivity contribution in [1.82, 2.24) is 4.57 Å². The molecule has 1 heterocycles. The number of carbonyl (C=O) groups excluding carboxylic acids is 1. The summed E-state index contributed by atoms with van der Waals surface area (Å²) in [5.74, 6) is 0.359. The summed E-state index contributed by atoms with van der Waals surface area (Å²) in [5, 5.41) is 3.17. The molecule has 0 atom stereocenters. The fourth-order valence-corrected chi connectivity index (χ4v) is 2.37. The number of pyridine rings is 1. The summed E-state index contributed by atoms with van der Waals surface area (Å²) in [5.41, 5.74) is 1.69. The maximum Gasteiger partial charge on any atom is 0.251 e. The normalized spacial score (nSPS) is 10.3. The minimum atomic E-state index is -0.173. The van der Waals surface area contributed by atoms with Gasteiger partial charge in [0, 0.05) is 24.4 Å². The minimum absolute atomic E-state index is 0.125. The van der Waals surface area contributed by atoms with Crippen molar-refractivity contribution in [3.05, 3.63) is 94.3 Å². The van der Waals surface area contributed by atoms with Crippen molar-refractivity contribution in [2.75, 3.05) is 5.32 Å². The van der Waals surface area contributed by atoms with Crippen molar-refractivity contribution in [1.29, 1.82) is 0 Å². The van der Waals surface area contributed by atoms with Gasteiger partial charge in [0.05, 0.1) is 5.56 Å². The Hall–Kier alpha value is -3.14. The molecule has 0 spiro atoms. The van der Waals surface area contributed by atoms with Crippen LogP contribution < -0.4 is 10.9 Å². The topological polar surface area (TPSA) is 51.1 Å². The molecule has 0 saturated heterocycles. The summed E-state index contributed by atoms with van der Waals surface area (Å²) < 4.78 is 1.45. The quantitative estimate of drug-likeness (QED) is 0.752. The van der Waals surface area contributed by atoms with E-state index < -0.39 is 0 Å². The largest absolute Gasteiger partial charge is 0.341 e. The lowest BCUT2D eigenvalue weighted by atomic mass is 10.0. The van der Waals surface area contributed by atoms with Crippen molar-refractivity contribution in [3.63, 3.8) is 0 Å². The number of aromatic nitrogens is 1. The molecule has 0 unspecified atom stereocenters. The second-order valence-electron chi connectivity index (χ2n) is 5.18. The summed E-state index contributed by atoms with van der Waals surface area (Å²) in [6.07, 6.45) is 0. The van der Waals surface area contributed by atoms with Gasteiger partial charge in [0.15, 0.2) is 5.78 Å². The maximum atomic E-state index is 12.8. The van der Waals surface area contributed by atoms with Gasteiger partial charge in [-0.2, -0.15) is 0 Å². The molecule has 0 saturated carbocycles. The molecule has 114 valence electrons. The zero-order valence-electron chi connectivity index (χ0n) is 12.7. The van der Waals surface area contributed by atoms with Crippen LogP contribution in [0.15, 0.2) is 77.6 Å². The van der Waals surface area contributed by atoms with E-state index in [9.17, 15) is 9.59 Å². The van der Waals surface area contributed by atoms with E-state index >= 15 is 0 Å². The SMILES string of the molecule is Cn1c(Nc2ccccc2)c(C(=O)c2ccccc2)ccc1=O. The number of anilines is 2. The third-order valence-corrected chi connectivity index (χ3v) is 3.63. The molecule has 1 N–H and O–H groups in total. The zero-order valence-corrected chi connectivity index (χ0v) is 12.7. The van der Waals surface area contributed by atoms with Crippen LogP contribution in [0.5, 0.6) is 0 Å². The molecule has 3 rings (SSSR count). The standard InChI is InChI=1S/C19H16N2O2/c1-21-17(22)13-12-16(18(23)14-8-4-2-5-9-14)19(21)20-15-10-6-3-7-11-15/h2-13,20H,1H3. The first-order chi connectivity index (χ1) is 11.2. The molecule has 0 radical (unpaired) electrons. The molecule has 0 aliphatic heterocycles. The van der Waals surface area contributed by atoms with Crippen molar-refractivity contribution >= 4 is 17.3 Å². The van der Waals surface area contributed by atoms with E-state index in [4.69, 9.17) is 0 Å². The molecule has 1 aromatic heterocycles. The zero-order chi connectivity index (χ0) is 16.2. The van der Waals surface area contributed by atoms with Crippen LogP contribution in [0.25, 0.3) is 0 Å². The molecule has 0 aliphatic rings. The monoisotopic (exact) mass is 304 g/mol. The fourth-order valence-electron chi connectivity index (χ4n) is 2.37. The van der Waals surface area contributed by atoms with Crippen molar-refractivity contribution in [2.24, 2.45) is 7.05 Å². The highest BCUT2D eigenvalue weighted by molar-refractivity contribution is 6.12. The van der Waals surface area contributed by atoms with E-state index in [0.29, 0.717) is 16.9 Å². The van der Waals surface area contributed by atoms with E-state index in [-0.39, 0.29) is 11.3 Å². The van der Waals surface area contributed by atoms with Gasteiger partial charge in [-0.15, -0.1) is 0 Å². The van der Waals surface area contributed by atoms with Gasteiger partial charge < -0.3 is 5.32 Å². The van der Waals surface area contributed by atoms with E-state index in [2.05, 4.69) is 5.32 Å². The number of hydrogen-bond donors (Lipinski definition) is 1. The van der Waals surface area contributed by atoms with E-state index in [0.717, 1.165) is 5.69 Å². The molecule has 4 nitrogen and oxygen atoms in total. The number of rotatable bonds is 4. The number of nitrogens with zero attached hydrogens (tertiary/aromatic N) is 1. The Labute approximate surface area is 134 Å². The number of ketones is 1. The van der Waals surface area contributed by atoms with Crippen LogP contribution in [0.1, 0.15) is 15.9 Å². The number of para-hydroxylation sites is 1. The second kappa shape index (κ2) is 6.32. The summed E-state index contributed by atoms with van der Waals surface area (Å²) >= 11 is 0. The van der Waals surface area contributed by atoms with Gasteiger partial charge in [0.1, 0.15) is 5.82 Å². The van der Waals surface area contributed by atoms with Gasteiger partial charge in [0.25, 0.3) is 5.56 Å². The Bertz CT molecular complexity index is 884. The first kappa shape index (κ1) is 14.8. The fraction of sp³-hybridized carbons (Fsp3) is 0.0526. The highest BCUT2D eigenvalue weighted by Gasteiger charge is 2.16. The third-order valence-electron chi connectivity index (χ3n) is 3.63. The van der Waals surface area contributed by atoms with E-state index in [1.165, 1.54) is 10.6 Å². The molecule has 23 heavy (non-hydrogen) atoms. The van der Waals surface area contributed by atoms with Gasteiger partial charge in [-0.05, 0) is 18.2 Å². The van der Waals surface area contributed by atoms with Crippen LogP contribution in [-0.4, -0.2) is 10.4 Å². The lowest BCUT2D eigenvalue weighted by Crippen LogP contribution is -2.21. The van der Waals surface area contributed by atoms with Gasteiger partial charge in [-0.3, -0.25) is 14.2 Å². The third kappa shape index (κ3) is 3.06. The highest BCUT2D eigenvalue weighted by atomic mass is 16.1. The number of nitrogens with one attached hydrogen (secondary N) is 1. The summed E-state index contributed by atoms with van der Waals surface area (Å²) in [6, 6.07) is 21.5. The minimum Gasteiger partial charge on any atom is -0.341 e. The van der Waals surface area contributed by atoms with Crippen LogP contribution >= 0.6 is 0 Å². The van der Waals surface area contributed by atoms with E-state index in [1.807, 2.05) is 48.5 Å². The second-order valence-corrected chi connectivity index (χ2v) is 5.18. The molecule has 0 fully saturated rings. The van der Waals surface area contributed by atoms with Crippen LogP contribution in [0.3, 0.4) is 0 Å². The Morgan fingerprint density at radius 3 is 2.13 bits per heavy atom. The first-order valence-electron chi connectivity index (χ1n) is 7.28. The number of carbonyl (C=O) groups is 1. The van der Waals surface area contributed by atoms with Crippen molar-refractivity contribution in [2.45, 2.75) is 0 Å².